The highest BCUT2D eigenvalue weighted by Gasteiger charge is 2.28. The number of nitrogens with zero attached hydrogens (tertiary/aromatic N) is 2. The summed E-state index contributed by atoms with van der Waals surface area (Å²) >= 11 is 7.34. The molecule has 1 aliphatic heterocycles. The van der Waals surface area contributed by atoms with E-state index in [2.05, 4.69) is 4.98 Å². The summed E-state index contributed by atoms with van der Waals surface area (Å²) in [7, 11) is -3.27. The Kier molecular flexibility index (Phi) is 5.36. The van der Waals surface area contributed by atoms with Crippen LogP contribution in [0.4, 0.5) is 5.69 Å². The molecule has 0 radical (unpaired) electrons. The van der Waals surface area contributed by atoms with Crippen LogP contribution in [0.25, 0.3) is 0 Å². The van der Waals surface area contributed by atoms with Gasteiger partial charge >= 0.3 is 0 Å². The first-order chi connectivity index (χ1) is 11.9. The molecule has 1 aromatic heterocycles. The lowest BCUT2D eigenvalue weighted by Gasteiger charge is -2.18. The Labute approximate surface area is 156 Å². The zero-order valence-electron chi connectivity index (χ0n) is 13.6. The second-order valence-corrected chi connectivity index (χ2v) is 9.12. The van der Waals surface area contributed by atoms with Crippen LogP contribution in [0.3, 0.4) is 0 Å². The molecule has 2 aromatic rings. The maximum absolute atomic E-state index is 12.4. The van der Waals surface area contributed by atoms with Gasteiger partial charge in [-0.25, -0.2) is 13.4 Å². The van der Waals surface area contributed by atoms with Crippen molar-refractivity contribution in [2.24, 2.45) is 0 Å². The molecule has 25 heavy (non-hydrogen) atoms. The average Bonchev–Trinajstić information content (AvgIpc) is 3.04. The number of aromatic nitrogens is 1. The quantitative estimate of drug-likeness (QED) is 0.552. The molecule has 2 heterocycles. The van der Waals surface area contributed by atoms with E-state index in [1.165, 1.54) is 16.1 Å². The van der Waals surface area contributed by atoms with Crippen molar-refractivity contribution in [2.75, 3.05) is 22.4 Å². The molecule has 3 rings (SSSR count). The van der Waals surface area contributed by atoms with Crippen molar-refractivity contribution in [1.29, 1.82) is 0 Å². The average molecular weight is 397 g/mol. The molecule has 0 bridgehead atoms. The summed E-state index contributed by atoms with van der Waals surface area (Å²) in [6, 6.07) is 8.68. The molecule has 0 spiro atoms. The van der Waals surface area contributed by atoms with Crippen LogP contribution in [-0.4, -0.2) is 37.2 Å². The Balaban J connectivity index is 1.75. The molecular weight excluding hydrogens is 380 g/mol. The van der Waals surface area contributed by atoms with Gasteiger partial charge in [0.25, 0.3) is 0 Å². The minimum Gasteiger partial charge on any atom is -0.293 e. The lowest BCUT2D eigenvalue weighted by molar-refractivity contribution is 0.102. The van der Waals surface area contributed by atoms with Crippen LogP contribution >= 0.6 is 23.4 Å². The minimum absolute atomic E-state index is 0.0358. The van der Waals surface area contributed by atoms with Crippen LogP contribution < -0.4 is 4.31 Å². The molecule has 0 atom stereocenters. The molecule has 0 N–H and O–H groups in total. The van der Waals surface area contributed by atoms with Crippen molar-refractivity contribution in [3.8, 4) is 0 Å². The van der Waals surface area contributed by atoms with Gasteiger partial charge in [-0.1, -0.05) is 23.4 Å². The zero-order valence-corrected chi connectivity index (χ0v) is 16.0. The van der Waals surface area contributed by atoms with Crippen LogP contribution in [0, 0.1) is 0 Å². The van der Waals surface area contributed by atoms with Crippen LogP contribution in [0.2, 0.25) is 5.02 Å². The fraction of sp³-hybridized carbons (Fsp3) is 0.294. The number of Topliss-reactive ketones (excluding diaryl/α,β-unsaturated/α-hetero) is 1. The Morgan fingerprint density at radius 3 is 2.88 bits per heavy atom. The summed E-state index contributed by atoms with van der Waals surface area (Å²) in [6.07, 6.45) is 2.26. The first-order valence-electron chi connectivity index (χ1n) is 7.82. The second kappa shape index (κ2) is 7.35. The van der Waals surface area contributed by atoms with Crippen molar-refractivity contribution in [1.82, 2.24) is 4.98 Å². The SMILES string of the molecule is CCS(=O)(=O)N1CCc2cc(C(=O)CSc3ncccc3Cl)ccc21. The van der Waals surface area contributed by atoms with Gasteiger partial charge < -0.3 is 0 Å². The predicted octanol–water partition coefficient (Wildman–Crippen LogP) is 3.42. The summed E-state index contributed by atoms with van der Waals surface area (Å²) in [4.78, 5) is 16.6. The van der Waals surface area contributed by atoms with Gasteiger partial charge in [0.2, 0.25) is 10.0 Å². The van der Waals surface area contributed by atoms with E-state index in [0.717, 1.165) is 5.56 Å². The number of anilines is 1. The number of halogens is 1. The molecule has 0 saturated carbocycles. The summed E-state index contributed by atoms with van der Waals surface area (Å²) in [5.74, 6) is 0.257. The summed E-state index contributed by atoms with van der Waals surface area (Å²) in [5.41, 5.74) is 2.15. The third kappa shape index (κ3) is 3.83. The fourth-order valence-corrected chi connectivity index (χ4v) is 4.90. The maximum atomic E-state index is 12.4. The highest BCUT2D eigenvalue weighted by molar-refractivity contribution is 8.00. The van der Waals surface area contributed by atoms with E-state index in [1.54, 1.807) is 43.5 Å². The van der Waals surface area contributed by atoms with E-state index in [9.17, 15) is 13.2 Å². The summed E-state index contributed by atoms with van der Waals surface area (Å²) in [5, 5.41) is 1.15. The third-order valence-electron chi connectivity index (χ3n) is 4.02. The van der Waals surface area contributed by atoms with Gasteiger partial charge in [0, 0.05) is 18.3 Å². The molecule has 5 nitrogen and oxygen atoms in total. The third-order valence-corrected chi connectivity index (χ3v) is 7.22. The van der Waals surface area contributed by atoms with E-state index in [-0.39, 0.29) is 17.3 Å². The van der Waals surface area contributed by atoms with Crippen molar-refractivity contribution in [3.05, 3.63) is 52.7 Å². The molecular formula is C17H17ClN2O3S2. The number of carbonyl (C=O) groups excluding carboxylic acids is 1. The van der Waals surface area contributed by atoms with E-state index in [4.69, 9.17) is 11.6 Å². The summed E-state index contributed by atoms with van der Waals surface area (Å²) < 4.78 is 25.7. The topological polar surface area (TPSA) is 67.3 Å². The zero-order chi connectivity index (χ0) is 18.0. The summed E-state index contributed by atoms with van der Waals surface area (Å²) in [6.45, 7) is 2.06. The van der Waals surface area contributed by atoms with Gasteiger partial charge in [-0.2, -0.15) is 0 Å². The minimum atomic E-state index is -3.27. The van der Waals surface area contributed by atoms with Gasteiger partial charge in [0.15, 0.2) is 5.78 Å². The lowest BCUT2D eigenvalue weighted by atomic mass is 10.1. The number of thioether (sulfide) groups is 1. The first-order valence-corrected chi connectivity index (χ1v) is 10.8. The molecule has 1 aromatic carbocycles. The number of rotatable bonds is 6. The Morgan fingerprint density at radius 2 is 2.16 bits per heavy atom. The van der Waals surface area contributed by atoms with Crippen LogP contribution in [-0.2, 0) is 16.4 Å². The number of carbonyl (C=O) groups is 1. The molecule has 132 valence electrons. The van der Waals surface area contributed by atoms with Gasteiger partial charge in [0.1, 0.15) is 5.03 Å². The smallest absolute Gasteiger partial charge is 0.234 e. The normalized spacial score (nSPS) is 13.8. The van der Waals surface area contributed by atoms with Crippen LogP contribution in [0.5, 0.6) is 0 Å². The molecule has 0 saturated heterocycles. The van der Waals surface area contributed by atoms with Crippen molar-refractivity contribution < 1.29 is 13.2 Å². The number of pyridine rings is 1. The fourth-order valence-electron chi connectivity index (χ4n) is 2.68. The number of fused-ring (bicyclic) bond motifs is 1. The second-order valence-electron chi connectivity index (χ2n) is 5.57. The largest absolute Gasteiger partial charge is 0.293 e. The molecule has 0 amide bonds. The van der Waals surface area contributed by atoms with E-state index in [0.29, 0.717) is 34.3 Å². The lowest BCUT2D eigenvalue weighted by Crippen LogP contribution is -2.30. The Morgan fingerprint density at radius 1 is 1.36 bits per heavy atom. The van der Waals surface area contributed by atoms with Gasteiger partial charge in [-0.05, 0) is 49.2 Å². The number of benzene rings is 1. The standard InChI is InChI=1S/C17H17ClN2O3S2/c1-2-25(22,23)20-9-7-12-10-13(5-6-15(12)20)16(21)11-24-17-14(18)4-3-8-19-17/h3-6,8,10H,2,7,9,11H2,1H3. The Hall–Kier alpha value is -1.57. The molecule has 0 fully saturated rings. The molecule has 0 aliphatic carbocycles. The monoisotopic (exact) mass is 396 g/mol. The van der Waals surface area contributed by atoms with Gasteiger partial charge in [-0.15, -0.1) is 0 Å². The van der Waals surface area contributed by atoms with E-state index >= 15 is 0 Å². The highest BCUT2D eigenvalue weighted by Crippen LogP contribution is 2.32. The van der Waals surface area contributed by atoms with Crippen molar-refractivity contribution in [3.63, 3.8) is 0 Å². The molecule has 1 aliphatic rings. The van der Waals surface area contributed by atoms with Gasteiger partial charge in [-0.3, -0.25) is 9.10 Å². The van der Waals surface area contributed by atoms with E-state index in [1.807, 2.05) is 0 Å². The van der Waals surface area contributed by atoms with Crippen LogP contribution in [0.15, 0.2) is 41.6 Å². The Bertz CT molecular complexity index is 916. The number of sulfonamides is 1. The highest BCUT2D eigenvalue weighted by atomic mass is 35.5. The van der Waals surface area contributed by atoms with Gasteiger partial charge in [0.05, 0.1) is 22.2 Å². The van der Waals surface area contributed by atoms with Crippen molar-refractivity contribution in [2.45, 2.75) is 18.4 Å². The molecule has 0 unspecified atom stereocenters. The molecule has 8 heteroatoms. The first kappa shape index (κ1) is 18.2. The number of ketones is 1. The van der Waals surface area contributed by atoms with Crippen LogP contribution in [0.1, 0.15) is 22.8 Å². The maximum Gasteiger partial charge on any atom is 0.234 e. The number of hydrogen-bond donors (Lipinski definition) is 0. The van der Waals surface area contributed by atoms with Crippen molar-refractivity contribution >= 4 is 44.9 Å². The van der Waals surface area contributed by atoms with E-state index < -0.39 is 10.0 Å². The number of hydrogen-bond acceptors (Lipinski definition) is 5. The predicted molar refractivity (Wildman–Crippen MR) is 101 cm³/mol.